The first kappa shape index (κ1) is 20.1. The van der Waals surface area contributed by atoms with Crippen LogP contribution in [0.4, 0.5) is 0 Å². The molecule has 1 saturated heterocycles. The molecule has 1 N–H and O–H groups in total. The number of carbonyl (C=O) groups is 1. The zero-order valence-electron chi connectivity index (χ0n) is 15.8. The van der Waals surface area contributed by atoms with Gasteiger partial charge in [0.2, 0.25) is 10.0 Å². The Morgan fingerprint density at radius 3 is 2.21 bits per heavy atom. The standard InChI is InChI=1S/C21H22N2O4S/c1-21(2,14-22)18-7-5-15(6-8-18)16-11-17(20(24)25)13-19(12-16)28(26,27)23-9-3-4-10-23/h5-8,11-13H,3-4,9-10H2,1-2H3,(H,24,25). The zero-order chi connectivity index (χ0) is 20.5. The average molecular weight is 398 g/mol. The van der Waals surface area contributed by atoms with Crippen LogP contribution in [0.15, 0.2) is 47.4 Å². The second-order valence-electron chi connectivity index (χ2n) is 7.48. The Bertz CT molecular complexity index is 1040. The molecule has 0 aliphatic carbocycles. The molecule has 0 spiro atoms. The SMILES string of the molecule is CC(C)(C#N)c1ccc(-c2cc(C(=O)O)cc(S(=O)(=O)N3CCCC3)c2)cc1. The van der Waals surface area contributed by atoms with Gasteiger partial charge in [0.1, 0.15) is 0 Å². The topological polar surface area (TPSA) is 98.5 Å². The summed E-state index contributed by atoms with van der Waals surface area (Å²) in [5.41, 5.74) is 1.32. The van der Waals surface area contributed by atoms with Crippen molar-refractivity contribution in [3.63, 3.8) is 0 Å². The molecule has 146 valence electrons. The first-order valence-electron chi connectivity index (χ1n) is 9.06. The van der Waals surface area contributed by atoms with Gasteiger partial charge in [0.05, 0.1) is 21.9 Å². The maximum atomic E-state index is 12.9. The summed E-state index contributed by atoms with van der Waals surface area (Å²) in [4.78, 5) is 11.6. The van der Waals surface area contributed by atoms with Crippen molar-refractivity contribution in [2.45, 2.75) is 37.0 Å². The van der Waals surface area contributed by atoms with Gasteiger partial charge in [-0.05, 0) is 61.6 Å². The van der Waals surface area contributed by atoms with E-state index in [4.69, 9.17) is 0 Å². The molecule has 0 saturated carbocycles. The minimum atomic E-state index is -3.73. The molecule has 0 atom stereocenters. The van der Waals surface area contributed by atoms with Crippen LogP contribution in [0.2, 0.25) is 0 Å². The van der Waals surface area contributed by atoms with Crippen molar-refractivity contribution in [1.29, 1.82) is 5.26 Å². The highest BCUT2D eigenvalue weighted by atomic mass is 32.2. The monoisotopic (exact) mass is 398 g/mol. The van der Waals surface area contributed by atoms with Crippen molar-refractivity contribution in [2.24, 2.45) is 0 Å². The van der Waals surface area contributed by atoms with Crippen molar-refractivity contribution >= 4 is 16.0 Å². The lowest BCUT2D eigenvalue weighted by Crippen LogP contribution is -2.28. The molecule has 3 rings (SSSR count). The molecule has 1 aliphatic heterocycles. The number of benzene rings is 2. The van der Waals surface area contributed by atoms with Gasteiger partial charge in [-0.1, -0.05) is 24.3 Å². The van der Waals surface area contributed by atoms with Crippen LogP contribution in [0.1, 0.15) is 42.6 Å². The molecule has 0 amide bonds. The average Bonchev–Trinajstić information content (AvgIpc) is 3.23. The Balaban J connectivity index is 2.08. The highest BCUT2D eigenvalue weighted by molar-refractivity contribution is 7.89. The van der Waals surface area contributed by atoms with E-state index >= 15 is 0 Å². The van der Waals surface area contributed by atoms with Gasteiger partial charge >= 0.3 is 5.97 Å². The molecule has 1 aliphatic rings. The minimum absolute atomic E-state index is 0.00858. The van der Waals surface area contributed by atoms with E-state index in [-0.39, 0.29) is 10.5 Å². The lowest BCUT2D eigenvalue weighted by Gasteiger charge is -2.18. The maximum absolute atomic E-state index is 12.9. The molecule has 28 heavy (non-hydrogen) atoms. The molecule has 1 fully saturated rings. The number of nitrogens with zero attached hydrogens (tertiary/aromatic N) is 2. The van der Waals surface area contributed by atoms with Crippen molar-refractivity contribution in [1.82, 2.24) is 4.31 Å². The van der Waals surface area contributed by atoms with E-state index in [1.54, 1.807) is 24.3 Å². The molecule has 0 bridgehead atoms. The third-order valence-electron chi connectivity index (χ3n) is 5.08. The molecule has 0 radical (unpaired) electrons. The van der Waals surface area contributed by atoms with Gasteiger partial charge in [0.15, 0.2) is 0 Å². The van der Waals surface area contributed by atoms with E-state index in [0.29, 0.717) is 24.2 Å². The largest absolute Gasteiger partial charge is 0.478 e. The van der Waals surface area contributed by atoms with E-state index < -0.39 is 21.4 Å². The lowest BCUT2D eigenvalue weighted by molar-refractivity contribution is 0.0696. The Labute approximate surface area is 165 Å². The fraction of sp³-hybridized carbons (Fsp3) is 0.333. The summed E-state index contributed by atoms with van der Waals surface area (Å²) in [6.45, 7) is 4.53. The van der Waals surface area contributed by atoms with Crippen molar-refractivity contribution in [2.75, 3.05) is 13.1 Å². The number of hydrogen-bond donors (Lipinski definition) is 1. The predicted molar refractivity (Wildman–Crippen MR) is 105 cm³/mol. The normalized spacial score (nSPS) is 15.3. The predicted octanol–water partition coefficient (Wildman–Crippen LogP) is 3.64. The molecule has 7 heteroatoms. The molecule has 6 nitrogen and oxygen atoms in total. The molecule has 1 heterocycles. The third-order valence-corrected chi connectivity index (χ3v) is 6.95. The second kappa shape index (κ2) is 7.38. The number of sulfonamides is 1. The van der Waals surface area contributed by atoms with Crippen LogP contribution in [0, 0.1) is 11.3 Å². The van der Waals surface area contributed by atoms with Gasteiger partial charge in [0.25, 0.3) is 0 Å². The number of carboxylic acids is 1. The fourth-order valence-corrected chi connectivity index (χ4v) is 4.85. The van der Waals surface area contributed by atoms with Crippen LogP contribution in [-0.4, -0.2) is 36.9 Å². The summed E-state index contributed by atoms with van der Waals surface area (Å²) in [6.07, 6.45) is 1.61. The molecular formula is C21H22N2O4S. The smallest absolute Gasteiger partial charge is 0.335 e. The molecular weight excluding hydrogens is 376 g/mol. The zero-order valence-corrected chi connectivity index (χ0v) is 16.7. The van der Waals surface area contributed by atoms with E-state index in [9.17, 15) is 23.6 Å². The highest BCUT2D eigenvalue weighted by Gasteiger charge is 2.28. The van der Waals surface area contributed by atoms with Gasteiger partial charge < -0.3 is 5.11 Å². The summed E-state index contributed by atoms with van der Waals surface area (Å²) < 4.78 is 27.2. The van der Waals surface area contributed by atoms with Gasteiger partial charge in [0, 0.05) is 13.1 Å². The van der Waals surface area contributed by atoms with Gasteiger partial charge in [-0.15, -0.1) is 0 Å². The first-order valence-corrected chi connectivity index (χ1v) is 10.5. The van der Waals surface area contributed by atoms with Crippen LogP contribution in [0.3, 0.4) is 0 Å². The van der Waals surface area contributed by atoms with Gasteiger partial charge in [-0.2, -0.15) is 9.57 Å². The first-order chi connectivity index (χ1) is 13.1. The third kappa shape index (κ3) is 3.79. The van der Waals surface area contributed by atoms with E-state index in [1.165, 1.54) is 22.5 Å². The summed E-state index contributed by atoms with van der Waals surface area (Å²) in [7, 11) is -3.73. The van der Waals surface area contributed by atoms with Crippen molar-refractivity contribution < 1.29 is 18.3 Å². The van der Waals surface area contributed by atoms with Gasteiger partial charge in [-0.3, -0.25) is 0 Å². The maximum Gasteiger partial charge on any atom is 0.335 e. The Morgan fingerprint density at radius 1 is 1.07 bits per heavy atom. The number of hydrogen-bond acceptors (Lipinski definition) is 4. The number of carboxylic acid groups (broad SMARTS) is 1. The number of rotatable bonds is 5. The van der Waals surface area contributed by atoms with Crippen LogP contribution < -0.4 is 0 Å². The Hall–Kier alpha value is -2.69. The fourth-order valence-electron chi connectivity index (χ4n) is 3.26. The Morgan fingerprint density at radius 2 is 1.68 bits per heavy atom. The summed E-state index contributed by atoms with van der Waals surface area (Å²) in [5, 5.41) is 18.7. The van der Waals surface area contributed by atoms with Crippen LogP contribution in [-0.2, 0) is 15.4 Å². The van der Waals surface area contributed by atoms with Crippen molar-refractivity contribution in [3.05, 3.63) is 53.6 Å². The summed E-state index contributed by atoms with van der Waals surface area (Å²) >= 11 is 0. The van der Waals surface area contributed by atoms with Crippen LogP contribution >= 0.6 is 0 Å². The van der Waals surface area contributed by atoms with E-state index in [0.717, 1.165) is 18.4 Å². The van der Waals surface area contributed by atoms with E-state index in [2.05, 4.69) is 6.07 Å². The van der Waals surface area contributed by atoms with Crippen molar-refractivity contribution in [3.8, 4) is 17.2 Å². The molecule has 0 aromatic heterocycles. The quantitative estimate of drug-likeness (QED) is 0.829. The molecule has 2 aromatic rings. The molecule has 0 unspecified atom stereocenters. The Kier molecular flexibility index (Phi) is 5.28. The number of nitriles is 1. The minimum Gasteiger partial charge on any atom is -0.478 e. The lowest BCUT2D eigenvalue weighted by atomic mass is 9.85. The summed E-state index contributed by atoms with van der Waals surface area (Å²) in [6, 6.07) is 13.6. The number of aromatic carboxylic acids is 1. The van der Waals surface area contributed by atoms with Gasteiger partial charge in [-0.25, -0.2) is 13.2 Å². The van der Waals surface area contributed by atoms with E-state index in [1.807, 2.05) is 13.8 Å². The summed E-state index contributed by atoms with van der Waals surface area (Å²) in [5.74, 6) is -1.18. The highest BCUT2D eigenvalue weighted by Crippen LogP contribution is 2.30. The molecule has 2 aromatic carbocycles. The van der Waals surface area contributed by atoms with Crippen LogP contribution in [0.25, 0.3) is 11.1 Å². The van der Waals surface area contributed by atoms with Crippen LogP contribution in [0.5, 0.6) is 0 Å². The second-order valence-corrected chi connectivity index (χ2v) is 9.41.